The van der Waals surface area contributed by atoms with Crippen LogP contribution in [0.5, 0.6) is 5.75 Å². The smallest absolute Gasteiger partial charge is 0.178 e. The first-order chi connectivity index (χ1) is 7.65. The predicted octanol–water partition coefficient (Wildman–Crippen LogP) is 2.43. The number of phenolic OH excluding ortho intramolecular Hbond substituents is 1. The number of carbonyl (C=O) groups is 1. The summed E-state index contributed by atoms with van der Waals surface area (Å²) in [5, 5.41) is 9.48. The van der Waals surface area contributed by atoms with Crippen molar-refractivity contribution >= 4 is 58.3 Å². The van der Waals surface area contributed by atoms with Crippen molar-refractivity contribution < 1.29 is 9.90 Å². The van der Waals surface area contributed by atoms with E-state index in [2.05, 4.69) is 4.99 Å². The second-order valence-corrected chi connectivity index (χ2v) is 3.65. The molecule has 0 amide bonds. The number of rotatable bonds is 1. The van der Waals surface area contributed by atoms with Crippen LogP contribution in [-0.4, -0.2) is 46.2 Å². The number of aromatic hydroxyl groups is 1. The van der Waals surface area contributed by atoms with E-state index in [4.69, 9.17) is 11.6 Å². The van der Waals surface area contributed by atoms with E-state index >= 15 is 0 Å². The molecular formula is C12H8ClNNaO2. The molecule has 0 saturated carbocycles. The third kappa shape index (κ3) is 3.82. The van der Waals surface area contributed by atoms with Crippen LogP contribution in [0, 0.1) is 0 Å². The van der Waals surface area contributed by atoms with Gasteiger partial charge >= 0.3 is 0 Å². The molecule has 0 heterocycles. The van der Waals surface area contributed by atoms with E-state index in [9.17, 15) is 9.90 Å². The van der Waals surface area contributed by atoms with Gasteiger partial charge in [-0.2, -0.15) is 0 Å². The zero-order valence-electron chi connectivity index (χ0n) is 9.22. The molecule has 1 aliphatic carbocycles. The van der Waals surface area contributed by atoms with Crippen LogP contribution >= 0.6 is 11.6 Å². The Morgan fingerprint density at radius 3 is 2.35 bits per heavy atom. The number of halogens is 1. The molecule has 0 atom stereocenters. The van der Waals surface area contributed by atoms with Crippen molar-refractivity contribution in [2.45, 2.75) is 0 Å². The van der Waals surface area contributed by atoms with Crippen LogP contribution in [-0.2, 0) is 4.79 Å². The van der Waals surface area contributed by atoms with Crippen molar-refractivity contribution in [2.24, 2.45) is 4.99 Å². The minimum atomic E-state index is -0.0531. The van der Waals surface area contributed by atoms with Crippen molar-refractivity contribution in [3.05, 3.63) is 47.5 Å². The minimum Gasteiger partial charge on any atom is -0.506 e. The van der Waals surface area contributed by atoms with Gasteiger partial charge in [-0.1, -0.05) is 11.6 Å². The normalized spacial score (nSPS) is 13.5. The molecule has 81 valence electrons. The van der Waals surface area contributed by atoms with Gasteiger partial charge < -0.3 is 5.11 Å². The molecule has 1 aromatic carbocycles. The second kappa shape index (κ2) is 6.17. The summed E-state index contributed by atoms with van der Waals surface area (Å²) in [5.74, 6) is -0.0294. The molecule has 5 heteroatoms. The number of allylic oxidation sites excluding steroid dienone is 4. The molecule has 0 fully saturated rings. The molecular weight excluding hydrogens is 249 g/mol. The molecule has 0 spiro atoms. The van der Waals surface area contributed by atoms with Gasteiger partial charge in [-0.05, 0) is 42.5 Å². The summed E-state index contributed by atoms with van der Waals surface area (Å²) >= 11 is 5.75. The van der Waals surface area contributed by atoms with Gasteiger partial charge in [-0.25, -0.2) is 4.99 Å². The summed E-state index contributed by atoms with van der Waals surface area (Å²) in [6.45, 7) is 0. The van der Waals surface area contributed by atoms with Crippen LogP contribution in [0.4, 0.5) is 5.69 Å². The van der Waals surface area contributed by atoms with Gasteiger partial charge in [0.2, 0.25) is 0 Å². The molecule has 0 unspecified atom stereocenters. The van der Waals surface area contributed by atoms with E-state index in [1.165, 1.54) is 18.2 Å². The average molecular weight is 257 g/mol. The third-order valence-corrected chi connectivity index (χ3v) is 2.33. The van der Waals surface area contributed by atoms with Crippen LogP contribution in [0.1, 0.15) is 0 Å². The van der Waals surface area contributed by atoms with E-state index in [-0.39, 0.29) is 46.1 Å². The Labute approximate surface area is 126 Å². The minimum absolute atomic E-state index is 0. The number of aliphatic imine (C=N–C) groups is 1. The van der Waals surface area contributed by atoms with Gasteiger partial charge in [-0.15, -0.1) is 0 Å². The van der Waals surface area contributed by atoms with Gasteiger partial charge in [-0.3, -0.25) is 4.79 Å². The molecule has 2 rings (SSSR count). The maximum atomic E-state index is 10.9. The first-order valence-corrected chi connectivity index (χ1v) is 5.00. The maximum absolute atomic E-state index is 10.9. The average Bonchev–Trinajstić information content (AvgIpc) is 2.27. The Morgan fingerprint density at radius 2 is 1.76 bits per heavy atom. The molecule has 0 saturated heterocycles. The topological polar surface area (TPSA) is 49.7 Å². The molecule has 3 nitrogen and oxygen atoms in total. The van der Waals surface area contributed by atoms with Crippen LogP contribution in [0.3, 0.4) is 0 Å². The number of hydrogen-bond acceptors (Lipinski definition) is 3. The fourth-order valence-electron chi connectivity index (χ4n) is 1.24. The molecule has 1 aliphatic rings. The predicted molar refractivity (Wildman–Crippen MR) is 69.3 cm³/mol. The van der Waals surface area contributed by atoms with E-state index in [0.717, 1.165) is 0 Å². The van der Waals surface area contributed by atoms with Gasteiger partial charge in [0.1, 0.15) is 5.75 Å². The van der Waals surface area contributed by atoms with Crippen LogP contribution in [0.2, 0.25) is 5.02 Å². The summed E-state index contributed by atoms with van der Waals surface area (Å²) in [6.07, 6.45) is 6.15. The third-order valence-electron chi connectivity index (χ3n) is 2.03. The van der Waals surface area contributed by atoms with Gasteiger partial charge in [0, 0.05) is 29.6 Å². The Balaban J connectivity index is 0.00000144. The van der Waals surface area contributed by atoms with Crippen molar-refractivity contribution in [1.29, 1.82) is 0 Å². The molecule has 0 aliphatic heterocycles. The van der Waals surface area contributed by atoms with Crippen LogP contribution < -0.4 is 0 Å². The Kier molecular flexibility index (Phi) is 5.15. The Bertz CT molecular complexity index is 517. The molecule has 1 radical (unpaired) electrons. The zero-order chi connectivity index (χ0) is 11.5. The number of hydrogen-bond donors (Lipinski definition) is 1. The fraction of sp³-hybridized carbons (Fsp3) is 0. The monoisotopic (exact) mass is 256 g/mol. The fourth-order valence-corrected chi connectivity index (χ4v) is 1.41. The van der Waals surface area contributed by atoms with Crippen molar-refractivity contribution in [3.8, 4) is 5.75 Å². The summed E-state index contributed by atoms with van der Waals surface area (Å²) in [7, 11) is 0. The Hall–Kier alpha value is -0.870. The van der Waals surface area contributed by atoms with Gasteiger partial charge in [0.15, 0.2) is 5.78 Å². The summed E-state index contributed by atoms with van der Waals surface area (Å²) in [5.41, 5.74) is 1.29. The molecule has 1 N–H and O–H groups in total. The van der Waals surface area contributed by atoms with E-state index in [1.807, 2.05) is 0 Å². The molecule has 0 aromatic heterocycles. The van der Waals surface area contributed by atoms with Crippen LogP contribution in [0.25, 0.3) is 0 Å². The van der Waals surface area contributed by atoms with Crippen molar-refractivity contribution in [2.75, 3.05) is 0 Å². The van der Waals surface area contributed by atoms with Crippen molar-refractivity contribution in [3.63, 3.8) is 0 Å². The van der Waals surface area contributed by atoms with E-state index in [1.54, 1.807) is 24.3 Å². The zero-order valence-corrected chi connectivity index (χ0v) is 12.0. The SMILES string of the molecule is O=C1C=CC(=Nc2ccc(O)c(Cl)c2)C=C1.[Na]. The summed E-state index contributed by atoms with van der Waals surface area (Å²) in [6, 6.07) is 4.68. The number of benzene rings is 1. The summed E-state index contributed by atoms with van der Waals surface area (Å²) in [4.78, 5) is 15.1. The largest absolute Gasteiger partial charge is 0.506 e. The summed E-state index contributed by atoms with van der Waals surface area (Å²) < 4.78 is 0. The van der Waals surface area contributed by atoms with E-state index < -0.39 is 0 Å². The van der Waals surface area contributed by atoms with Crippen LogP contribution in [0.15, 0.2) is 47.5 Å². The maximum Gasteiger partial charge on any atom is 0.178 e. The standard InChI is InChI=1S/C12H8ClNO2.Na/c13-11-7-9(3-6-12(11)16)14-8-1-4-10(15)5-2-8;/h1-7,16H;. The number of carbonyl (C=O) groups excluding carboxylic acids is 1. The molecule has 17 heavy (non-hydrogen) atoms. The quantitative estimate of drug-likeness (QED) is 0.620. The second-order valence-electron chi connectivity index (χ2n) is 3.24. The first kappa shape index (κ1) is 14.2. The number of phenols is 1. The Morgan fingerprint density at radius 1 is 1.12 bits per heavy atom. The number of nitrogens with zero attached hydrogens (tertiary/aromatic N) is 1. The molecule has 1 aromatic rings. The number of ketones is 1. The van der Waals surface area contributed by atoms with Gasteiger partial charge in [0.25, 0.3) is 0 Å². The van der Waals surface area contributed by atoms with E-state index in [0.29, 0.717) is 11.4 Å². The van der Waals surface area contributed by atoms with Crippen molar-refractivity contribution in [1.82, 2.24) is 0 Å². The van der Waals surface area contributed by atoms with Gasteiger partial charge in [0.05, 0.1) is 16.4 Å². The first-order valence-electron chi connectivity index (χ1n) is 4.62. The molecule has 0 bridgehead atoms.